The van der Waals surface area contributed by atoms with Crippen molar-refractivity contribution in [1.29, 1.82) is 0 Å². The molecule has 20 heavy (non-hydrogen) atoms. The van der Waals surface area contributed by atoms with Crippen LogP contribution in [-0.2, 0) is 0 Å². The lowest BCUT2D eigenvalue weighted by Crippen LogP contribution is -2.46. The predicted octanol–water partition coefficient (Wildman–Crippen LogP) is 4.22. The van der Waals surface area contributed by atoms with Gasteiger partial charge in [-0.05, 0) is 31.4 Å². The summed E-state index contributed by atoms with van der Waals surface area (Å²) in [6, 6.07) is 9.96. The van der Waals surface area contributed by atoms with Gasteiger partial charge in [0.25, 0.3) is 5.91 Å². The molecule has 1 amide bonds. The highest BCUT2D eigenvalue weighted by Crippen LogP contribution is 2.25. The standard InChI is InChI=1S/C16H17BrFNO/c1-16(2,10-17)19(3)15(20)13-8-9-14(18)12-7-5-4-6-11(12)13/h4-9H,10H2,1-3H3. The summed E-state index contributed by atoms with van der Waals surface area (Å²) >= 11 is 3.42. The highest BCUT2D eigenvalue weighted by molar-refractivity contribution is 9.09. The summed E-state index contributed by atoms with van der Waals surface area (Å²) < 4.78 is 13.8. The van der Waals surface area contributed by atoms with Crippen molar-refractivity contribution in [2.75, 3.05) is 12.4 Å². The molecule has 0 aromatic heterocycles. The van der Waals surface area contributed by atoms with E-state index in [0.29, 0.717) is 21.7 Å². The van der Waals surface area contributed by atoms with Gasteiger partial charge in [-0.3, -0.25) is 4.79 Å². The highest BCUT2D eigenvalue weighted by Gasteiger charge is 2.28. The molecule has 0 aliphatic carbocycles. The average molecular weight is 338 g/mol. The van der Waals surface area contributed by atoms with Gasteiger partial charge >= 0.3 is 0 Å². The van der Waals surface area contributed by atoms with Crippen LogP contribution in [-0.4, -0.2) is 28.7 Å². The zero-order chi connectivity index (χ0) is 14.9. The van der Waals surface area contributed by atoms with Crippen molar-refractivity contribution in [3.63, 3.8) is 0 Å². The number of nitrogens with zero attached hydrogens (tertiary/aromatic N) is 1. The van der Waals surface area contributed by atoms with Crippen molar-refractivity contribution in [2.24, 2.45) is 0 Å². The van der Waals surface area contributed by atoms with E-state index in [9.17, 15) is 9.18 Å². The fourth-order valence-electron chi connectivity index (χ4n) is 1.99. The average Bonchev–Trinajstić information content (AvgIpc) is 2.46. The van der Waals surface area contributed by atoms with E-state index in [4.69, 9.17) is 0 Å². The molecule has 0 radical (unpaired) electrons. The van der Waals surface area contributed by atoms with Crippen molar-refractivity contribution in [3.8, 4) is 0 Å². The lowest BCUT2D eigenvalue weighted by molar-refractivity contribution is 0.0665. The first-order chi connectivity index (χ1) is 9.38. The molecular weight excluding hydrogens is 321 g/mol. The molecule has 0 fully saturated rings. The van der Waals surface area contributed by atoms with Gasteiger partial charge in [0.2, 0.25) is 0 Å². The van der Waals surface area contributed by atoms with Crippen molar-refractivity contribution in [3.05, 3.63) is 47.8 Å². The van der Waals surface area contributed by atoms with Crippen LogP contribution in [0.25, 0.3) is 10.8 Å². The molecule has 0 saturated heterocycles. The first kappa shape index (κ1) is 15.0. The Morgan fingerprint density at radius 2 is 1.80 bits per heavy atom. The molecule has 2 aromatic rings. The third-order valence-corrected chi connectivity index (χ3v) is 5.01. The lowest BCUT2D eigenvalue weighted by Gasteiger charge is -2.34. The molecule has 0 N–H and O–H groups in total. The monoisotopic (exact) mass is 337 g/mol. The molecule has 2 aromatic carbocycles. The summed E-state index contributed by atoms with van der Waals surface area (Å²) in [5, 5.41) is 1.79. The topological polar surface area (TPSA) is 20.3 Å². The number of hydrogen-bond acceptors (Lipinski definition) is 1. The molecule has 4 heteroatoms. The summed E-state index contributed by atoms with van der Waals surface area (Å²) in [6.07, 6.45) is 0. The summed E-state index contributed by atoms with van der Waals surface area (Å²) in [5.74, 6) is -0.412. The van der Waals surface area contributed by atoms with Crippen LogP contribution in [0.1, 0.15) is 24.2 Å². The fraction of sp³-hybridized carbons (Fsp3) is 0.312. The second-order valence-corrected chi connectivity index (χ2v) is 6.01. The number of rotatable bonds is 3. The normalized spacial score (nSPS) is 11.7. The Morgan fingerprint density at radius 1 is 1.20 bits per heavy atom. The van der Waals surface area contributed by atoms with Gasteiger partial charge in [-0.2, -0.15) is 0 Å². The highest BCUT2D eigenvalue weighted by atomic mass is 79.9. The van der Waals surface area contributed by atoms with E-state index >= 15 is 0 Å². The van der Waals surface area contributed by atoms with Crippen LogP contribution in [0, 0.1) is 5.82 Å². The molecule has 106 valence electrons. The SMILES string of the molecule is CN(C(=O)c1ccc(F)c2ccccc12)C(C)(C)CBr. The Hall–Kier alpha value is -1.42. The third kappa shape index (κ3) is 2.57. The first-order valence-electron chi connectivity index (χ1n) is 6.40. The third-order valence-electron chi connectivity index (χ3n) is 3.64. The number of carbonyl (C=O) groups is 1. The van der Waals surface area contributed by atoms with Gasteiger partial charge in [-0.25, -0.2) is 4.39 Å². The summed E-state index contributed by atoms with van der Waals surface area (Å²) in [7, 11) is 1.77. The Kier molecular flexibility index (Phi) is 4.14. The molecule has 0 unspecified atom stereocenters. The van der Waals surface area contributed by atoms with Gasteiger partial charge in [-0.1, -0.05) is 40.2 Å². The summed E-state index contributed by atoms with van der Waals surface area (Å²) in [5.41, 5.74) is 0.213. The number of fused-ring (bicyclic) bond motifs is 1. The number of amides is 1. The minimum atomic E-state index is -0.313. The second-order valence-electron chi connectivity index (χ2n) is 5.45. The maximum atomic E-state index is 13.8. The second kappa shape index (κ2) is 5.52. The zero-order valence-electron chi connectivity index (χ0n) is 11.8. The van der Waals surface area contributed by atoms with Crippen molar-refractivity contribution in [1.82, 2.24) is 4.90 Å². The van der Waals surface area contributed by atoms with Gasteiger partial charge in [0.1, 0.15) is 5.82 Å². The van der Waals surface area contributed by atoms with E-state index in [1.807, 2.05) is 19.9 Å². The molecule has 0 spiro atoms. The van der Waals surface area contributed by atoms with E-state index in [2.05, 4.69) is 15.9 Å². The molecule has 2 rings (SSSR count). The van der Waals surface area contributed by atoms with Gasteiger partial charge in [-0.15, -0.1) is 0 Å². The van der Waals surface area contributed by atoms with E-state index in [1.54, 1.807) is 36.2 Å². The maximum absolute atomic E-state index is 13.8. The molecule has 0 aliphatic rings. The van der Waals surface area contributed by atoms with Crippen molar-refractivity contribution in [2.45, 2.75) is 19.4 Å². The molecule has 0 atom stereocenters. The van der Waals surface area contributed by atoms with Gasteiger partial charge in [0, 0.05) is 28.9 Å². The lowest BCUT2D eigenvalue weighted by atomic mass is 10.0. The smallest absolute Gasteiger partial charge is 0.254 e. The summed E-state index contributed by atoms with van der Waals surface area (Å²) in [6.45, 7) is 3.96. The molecule has 2 nitrogen and oxygen atoms in total. The van der Waals surface area contributed by atoms with Crippen LogP contribution >= 0.6 is 15.9 Å². The number of carbonyl (C=O) groups excluding carboxylic acids is 1. The predicted molar refractivity (Wildman–Crippen MR) is 83.9 cm³/mol. The summed E-state index contributed by atoms with van der Waals surface area (Å²) in [4.78, 5) is 14.3. The minimum absolute atomic E-state index is 0.106. The van der Waals surface area contributed by atoms with Crippen molar-refractivity contribution >= 4 is 32.6 Å². The van der Waals surface area contributed by atoms with Gasteiger partial charge in [0.15, 0.2) is 0 Å². The van der Waals surface area contributed by atoms with Crippen LogP contribution in [0.2, 0.25) is 0 Å². The number of halogens is 2. The van der Waals surface area contributed by atoms with E-state index in [-0.39, 0.29) is 17.3 Å². The molecular formula is C16H17BrFNO. The van der Waals surface area contributed by atoms with Crippen molar-refractivity contribution < 1.29 is 9.18 Å². The van der Waals surface area contributed by atoms with Crippen LogP contribution in [0.4, 0.5) is 4.39 Å². The minimum Gasteiger partial charge on any atom is -0.336 e. The largest absolute Gasteiger partial charge is 0.336 e. The van der Waals surface area contributed by atoms with Crippen LogP contribution in [0.15, 0.2) is 36.4 Å². The van der Waals surface area contributed by atoms with Gasteiger partial charge < -0.3 is 4.90 Å². The Balaban J connectivity index is 2.54. The van der Waals surface area contributed by atoms with E-state index in [1.165, 1.54) is 6.07 Å². The van der Waals surface area contributed by atoms with Crippen LogP contribution in [0.5, 0.6) is 0 Å². The molecule has 0 aliphatic heterocycles. The van der Waals surface area contributed by atoms with Gasteiger partial charge in [0.05, 0.1) is 0 Å². The Morgan fingerprint density at radius 3 is 2.40 bits per heavy atom. The van der Waals surface area contributed by atoms with E-state index in [0.717, 1.165) is 0 Å². The first-order valence-corrected chi connectivity index (χ1v) is 7.52. The number of alkyl halides is 1. The molecule has 0 bridgehead atoms. The van der Waals surface area contributed by atoms with E-state index < -0.39 is 0 Å². The number of benzene rings is 2. The van der Waals surface area contributed by atoms with Crippen LogP contribution in [0.3, 0.4) is 0 Å². The Labute approximate surface area is 126 Å². The molecule has 0 heterocycles. The Bertz CT molecular complexity index is 654. The quantitative estimate of drug-likeness (QED) is 0.767. The maximum Gasteiger partial charge on any atom is 0.254 e. The fourth-order valence-corrected chi connectivity index (χ4v) is 2.37. The van der Waals surface area contributed by atoms with Crippen LogP contribution < -0.4 is 0 Å². The molecule has 0 saturated carbocycles. The number of hydrogen-bond donors (Lipinski definition) is 0. The zero-order valence-corrected chi connectivity index (χ0v) is 13.4.